The van der Waals surface area contributed by atoms with Crippen molar-refractivity contribution < 1.29 is 24.4 Å². The number of hydrogen-bond donors (Lipinski definition) is 2. The SMILES string of the molecule is CCOC(CC(O)CCO)(OCC)OCC. The fourth-order valence-electron chi connectivity index (χ4n) is 1.50. The van der Waals surface area contributed by atoms with E-state index in [0.29, 0.717) is 19.8 Å². The van der Waals surface area contributed by atoms with Gasteiger partial charge in [-0.3, -0.25) is 0 Å². The Bertz CT molecular complexity index is 145. The summed E-state index contributed by atoms with van der Waals surface area (Å²) in [6.07, 6.45) is -0.215. The lowest BCUT2D eigenvalue weighted by Crippen LogP contribution is -2.42. The van der Waals surface area contributed by atoms with E-state index in [9.17, 15) is 5.11 Å². The van der Waals surface area contributed by atoms with Gasteiger partial charge in [0, 0.05) is 26.4 Å². The molecule has 0 rings (SSSR count). The highest BCUT2D eigenvalue weighted by Gasteiger charge is 2.35. The summed E-state index contributed by atoms with van der Waals surface area (Å²) in [5, 5.41) is 18.4. The second-order valence-electron chi connectivity index (χ2n) is 3.35. The molecule has 5 heteroatoms. The average molecular weight is 236 g/mol. The fraction of sp³-hybridized carbons (Fsp3) is 1.00. The average Bonchev–Trinajstić information content (AvgIpc) is 2.18. The molecule has 0 aliphatic carbocycles. The summed E-state index contributed by atoms with van der Waals surface area (Å²) in [6.45, 7) is 6.76. The summed E-state index contributed by atoms with van der Waals surface area (Å²) in [5.41, 5.74) is 0. The van der Waals surface area contributed by atoms with Crippen LogP contribution in [0.2, 0.25) is 0 Å². The maximum Gasteiger partial charge on any atom is 0.285 e. The third kappa shape index (κ3) is 5.77. The van der Waals surface area contributed by atoms with E-state index in [0.717, 1.165) is 0 Å². The standard InChI is InChI=1S/C11H24O5/c1-4-14-11(15-5-2,16-6-3)9-10(13)7-8-12/h10,12-13H,4-9H2,1-3H3. The molecule has 0 fully saturated rings. The minimum atomic E-state index is -1.19. The molecular formula is C11H24O5. The van der Waals surface area contributed by atoms with Crippen molar-refractivity contribution in [3.63, 3.8) is 0 Å². The molecule has 0 saturated heterocycles. The molecule has 0 aromatic rings. The Kier molecular flexibility index (Phi) is 8.78. The van der Waals surface area contributed by atoms with Gasteiger partial charge in [-0.15, -0.1) is 0 Å². The predicted octanol–water partition coefficient (Wildman–Crippen LogP) is 0.883. The van der Waals surface area contributed by atoms with Crippen LogP contribution in [-0.2, 0) is 14.2 Å². The summed E-state index contributed by atoms with van der Waals surface area (Å²) < 4.78 is 16.3. The first-order valence-corrected chi connectivity index (χ1v) is 5.84. The maximum absolute atomic E-state index is 9.66. The van der Waals surface area contributed by atoms with Crippen molar-refractivity contribution in [2.45, 2.75) is 45.7 Å². The molecule has 16 heavy (non-hydrogen) atoms. The van der Waals surface area contributed by atoms with Crippen LogP contribution in [0, 0.1) is 0 Å². The van der Waals surface area contributed by atoms with Crippen molar-refractivity contribution in [2.24, 2.45) is 0 Å². The molecule has 5 nitrogen and oxygen atoms in total. The van der Waals surface area contributed by atoms with Gasteiger partial charge in [0.25, 0.3) is 5.97 Å². The zero-order valence-electron chi connectivity index (χ0n) is 10.4. The van der Waals surface area contributed by atoms with Crippen molar-refractivity contribution >= 4 is 0 Å². The molecule has 0 amide bonds. The van der Waals surface area contributed by atoms with Crippen LogP contribution in [0.5, 0.6) is 0 Å². The van der Waals surface area contributed by atoms with Gasteiger partial charge >= 0.3 is 0 Å². The summed E-state index contributed by atoms with van der Waals surface area (Å²) in [7, 11) is 0. The molecule has 0 aromatic carbocycles. The molecule has 1 atom stereocenters. The Balaban J connectivity index is 4.44. The molecule has 0 saturated carbocycles. The Hall–Kier alpha value is -0.200. The minimum Gasteiger partial charge on any atom is -0.396 e. The van der Waals surface area contributed by atoms with Gasteiger partial charge in [-0.1, -0.05) is 0 Å². The predicted molar refractivity (Wildman–Crippen MR) is 59.9 cm³/mol. The van der Waals surface area contributed by atoms with Crippen LogP contribution in [0.15, 0.2) is 0 Å². The van der Waals surface area contributed by atoms with Gasteiger partial charge in [-0.25, -0.2) is 0 Å². The molecule has 0 aliphatic heterocycles. The Morgan fingerprint density at radius 1 is 1.00 bits per heavy atom. The number of aliphatic hydroxyl groups excluding tert-OH is 2. The molecule has 0 bridgehead atoms. The smallest absolute Gasteiger partial charge is 0.285 e. The largest absolute Gasteiger partial charge is 0.396 e. The lowest BCUT2D eigenvalue weighted by Gasteiger charge is -2.33. The van der Waals surface area contributed by atoms with Crippen LogP contribution in [0.4, 0.5) is 0 Å². The number of hydrogen-bond acceptors (Lipinski definition) is 5. The summed E-state index contributed by atoms with van der Waals surface area (Å²) in [5.74, 6) is -1.19. The molecule has 0 aromatic heterocycles. The Labute approximate surface area is 97.3 Å². The van der Waals surface area contributed by atoms with Crippen molar-refractivity contribution in [2.75, 3.05) is 26.4 Å². The van der Waals surface area contributed by atoms with Crippen molar-refractivity contribution in [3.05, 3.63) is 0 Å². The van der Waals surface area contributed by atoms with Crippen molar-refractivity contribution in [1.29, 1.82) is 0 Å². The molecule has 2 N–H and O–H groups in total. The lowest BCUT2D eigenvalue weighted by molar-refractivity contribution is -0.385. The first kappa shape index (κ1) is 15.8. The maximum atomic E-state index is 9.66. The van der Waals surface area contributed by atoms with Crippen LogP contribution >= 0.6 is 0 Å². The quantitative estimate of drug-likeness (QED) is 0.551. The van der Waals surface area contributed by atoms with E-state index >= 15 is 0 Å². The van der Waals surface area contributed by atoms with Crippen molar-refractivity contribution in [1.82, 2.24) is 0 Å². The third-order valence-corrected chi connectivity index (χ3v) is 2.04. The zero-order valence-corrected chi connectivity index (χ0v) is 10.4. The van der Waals surface area contributed by atoms with E-state index in [1.54, 1.807) is 0 Å². The van der Waals surface area contributed by atoms with E-state index in [2.05, 4.69) is 0 Å². The van der Waals surface area contributed by atoms with Gasteiger partial charge in [0.1, 0.15) is 0 Å². The molecular weight excluding hydrogens is 212 g/mol. The van der Waals surface area contributed by atoms with Crippen LogP contribution < -0.4 is 0 Å². The Morgan fingerprint density at radius 3 is 1.75 bits per heavy atom. The number of rotatable bonds is 10. The highest BCUT2D eigenvalue weighted by atomic mass is 16.9. The van der Waals surface area contributed by atoms with Crippen LogP contribution in [0.1, 0.15) is 33.6 Å². The Morgan fingerprint density at radius 2 is 1.44 bits per heavy atom. The molecule has 98 valence electrons. The molecule has 0 spiro atoms. The van der Waals surface area contributed by atoms with E-state index in [-0.39, 0.29) is 19.4 Å². The number of aliphatic hydroxyl groups is 2. The van der Waals surface area contributed by atoms with Crippen molar-refractivity contribution in [3.8, 4) is 0 Å². The summed E-state index contributed by atoms with van der Waals surface area (Å²) >= 11 is 0. The van der Waals surface area contributed by atoms with Gasteiger partial charge in [-0.05, 0) is 27.2 Å². The van der Waals surface area contributed by atoms with E-state index in [1.807, 2.05) is 20.8 Å². The van der Waals surface area contributed by atoms with Crippen LogP contribution in [-0.4, -0.2) is 48.7 Å². The molecule has 0 radical (unpaired) electrons. The monoisotopic (exact) mass is 236 g/mol. The van der Waals surface area contributed by atoms with Crippen LogP contribution in [0.25, 0.3) is 0 Å². The second-order valence-corrected chi connectivity index (χ2v) is 3.35. The summed E-state index contributed by atoms with van der Waals surface area (Å²) in [6, 6.07) is 0. The van der Waals surface area contributed by atoms with Gasteiger partial charge in [0.2, 0.25) is 0 Å². The van der Waals surface area contributed by atoms with E-state index < -0.39 is 12.1 Å². The van der Waals surface area contributed by atoms with Gasteiger partial charge in [0.05, 0.1) is 12.5 Å². The first-order chi connectivity index (χ1) is 7.64. The fourth-order valence-corrected chi connectivity index (χ4v) is 1.50. The third-order valence-electron chi connectivity index (χ3n) is 2.04. The number of ether oxygens (including phenoxy) is 3. The van der Waals surface area contributed by atoms with Gasteiger partial charge < -0.3 is 24.4 Å². The lowest BCUT2D eigenvalue weighted by atomic mass is 10.1. The van der Waals surface area contributed by atoms with Crippen LogP contribution in [0.3, 0.4) is 0 Å². The zero-order chi connectivity index (χ0) is 12.4. The second kappa shape index (κ2) is 8.90. The normalized spacial score (nSPS) is 14.1. The molecule has 1 unspecified atom stereocenters. The molecule has 0 aliphatic rings. The minimum absolute atomic E-state index is 0.0678. The van der Waals surface area contributed by atoms with Gasteiger partial charge in [-0.2, -0.15) is 0 Å². The highest BCUT2D eigenvalue weighted by Crippen LogP contribution is 2.23. The topological polar surface area (TPSA) is 68.2 Å². The van der Waals surface area contributed by atoms with E-state index in [1.165, 1.54) is 0 Å². The van der Waals surface area contributed by atoms with E-state index in [4.69, 9.17) is 19.3 Å². The first-order valence-electron chi connectivity index (χ1n) is 5.84. The highest BCUT2D eigenvalue weighted by molar-refractivity contribution is 4.66. The van der Waals surface area contributed by atoms with Gasteiger partial charge in [0.15, 0.2) is 0 Å². The molecule has 0 heterocycles. The summed E-state index contributed by atoms with van der Waals surface area (Å²) in [4.78, 5) is 0.